The van der Waals surface area contributed by atoms with Crippen LogP contribution in [0.5, 0.6) is 0 Å². The molecule has 0 unspecified atom stereocenters. The normalized spacial score (nSPS) is 10.7. The summed E-state index contributed by atoms with van der Waals surface area (Å²) in [5, 5.41) is 11.2. The van der Waals surface area contributed by atoms with E-state index in [2.05, 4.69) is 20.6 Å². The monoisotopic (exact) mass is 256 g/mol. The van der Waals surface area contributed by atoms with Crippen LogP contribution in [0.4, 0.5) is 11.5 Å². The number of benzene rings is 1. The molecule has 0 saturated carbocycles. The fourth-order valence-corrected chi connectivity index (χ4v) is 1.92. The number of nitrogens with one attached hydrogen (secondary N) is 2. The van der Waals surface area contributed by atoms with Crippen molar-refractivity contribution >= 4 is 28.3 Å². The van der Waals surface area contributed by atoms with Crippen molar-refractivity contribution in [1.29, 1.82) is 0 Å². The Morgan fingerprint density at radius 1 is 1.42 bits per heavy atom. The van der Waals surface area contributed by atoms with Gasteiger partial charge >= 0.3 is 0 Å². The first-order chi connectivity index (χ1) is 9.22. The number of hydrogen-bond donors (Lipinski definition) is 3. The maximum Gasteiger partial charge on any atom is 0.246 e. The molecule has 3 aromatic rings. The van der Waals surface area contributed by atoms with Crippen LogP contribution in [-0.4, -0.2) is 25.9 Å². The first kappa shape index (κ1) is 11.3. The van der Waals surface area contributed by atoms with Crippen molar-refractivity contribution in [2.24, 2.45) is 0 Å². The number of carbonyl (C=O) groups excluding carboxylic acids is 1. The van der Waals surface area contributed by atoms with Gasteiger partial charge in [-0.25, -0.2) is 4.68 Å². The fraction of sp³-hybridized carbons (Fsp3) is 0.0833. The Kier molecular flexibility index (Phi) is 2.64. The van der Waals surface area contributed by atoms with Crippen LogP contribution in [0.1, 0.15) is 0 Å². The van der Waals surface area contributed by atoms with E-state index in [-0.39, 0.29) is 12.5 Å². The van der Waals surface area contributed by atoms with Gasteiger partial charge < -0.3 is 16.0 Å². The predicted octanol–water partition coefficient (Wildman–Crippen LogP) is 0.980. The van der Waals surface area contributed by atoms with Crippen molar-refractivity contribution in [1.82, 2.24) is 20.0 Å². The standard InChI is InChI=1S/C12H12N6O/c13-10-6-18(17-16-10)7-11(19)15-9-3-1-2-8-4-5-14-12(8)9/h1-6,14H,7,13H2,(H,15,19). The van der Waals surface area contributed by atoms with Crippen LogP contribution in [0.3, 0.4) is 0 Å². The van der Waals surface area contributed by atoms with Gasteiger partial charge in [0.25, 0.3) is 0 Å². The minimum Gasteiger partial charge on any atom is -0.381 e. The second kappa shape index (κ2) is 4.45. The predicted molar refractivity (Wildman–Crippen MR) is 71.4 cm³/mol. The molecule has 0 aliphatic carbocycles. The molecule has 19 heavy (non-hydrogen) atoms. The third-order valence-corrected chi connectivity index (χ3v) is 2.72. The van der Waals surface area contributed by atoms with E-state index in [4.69, 9.17) is 5.73 Å². The minimum atomic E-state index is -0.188. The average Bonchev–Trinajstić information content (AvgIpc) is 2.98. The van der Waals surface area contributed by atoms with Crippen molar-refractivity contribution in [3.05, 3.63) is 36.7 Å². The number of rotatable bonds is 3. The number of nitrogens with zero attached hydrogens (tertiary/aromatic N) is 3. The van der Waals surface area contributed by atoms with Gasteiger partial charge in [-0.15, -0.1) is 5.10 Å². The molecule has 4 N–H and O–H groups in total. The van der Waals surface area contributed by atoms with Gasteiger partial charge in [-0.2, -0.15) is 0 Å². The van der Waals surface area contributed by atoms with E-state index in [0.29, 0.717) is 5.82 Å². The van der Waals surface area contributed by atoms with Gasteiger partial charge in [0.15, 0.2) is 5.82 Å². The van der Waals surface area contributed by atoms with Gasteiger partial charge in [0.1, 0.15) is 6.54 Å². The number of fused-ring (bicyclic) bond motifs is 1. The van der Waals surface area contributed by atoms with Crippen LogP contribution in [0.2, 0.25) is 0 Å². The average molecular weight is 256 g/mol. The van der Waals surface area contributed by atoms with Gasteiger partial charge in [-0.05, 0) is 12.1 Å². The molecule has 7 nitrogen and oxygen atoms in total. The summed E-state index contributed by atoms with van der Waals surface area (Å²) in [6.07, 6.45) is 3.34. The molecule has 0 bridgehead atoms. The molecule has 2 heterocycles. The summed E-state index contributed by atoms with van der Waals surface area (Å²) in [5.74, 6) is 0.103. The van der Waals surface area contributed by atoms with Crippen molar-refractivity contribution in [3.63, 3.8) is 0 Å². The van der Waals surface area contributed by atoms with Crippen LogP contribution in [0.25, 0.3) is 10.9 Å². The Morgan fingerprint density at radius 2 is 2.32 bits per heavy atom. The molecule has 0 spiro atoms. The largest absolute Gasteiger partial charge is 0.381 e. The smallest absolute Gasteiger partial charge is 0.246 e. The number of carbonyl (C=O) groups is 1. The number of anilines is 2. The lowest BCUT2D eigenvalue weighted by Crippen LogP contribution is -2.19. The topological polar surface area (TPSA) is 102 Å². The Balaban J connectivity index is 1.77. The molecule has 0 aliphatic rings. The molecule has 96 valence electrons. The lowest BCUT2D eigenvalue weighted by Gasteiger charge is -2.06. The molecular weight excluding hydrogens is 244 g/mol. The Labute approximate surface area is 108 Å². The molecule has 1 aromatic carbocycles. The summed E-state index contributed by atoms with van der Waals surface area (Å²) in [6.45, 7) is 0.0707. The van der Waals surface area contributed by atoms with Crippen LogP contribution >= 0.6 is 0 Å². The van der Waals surface area contributed by atoms with Crippen molar-refractivity contribution in [3.8, 4) is 0 Å². The van der Waals surface area contributed by atoms with E-state index in [1.54, 1.807) is 0 Å². The lowest BCUT2D eigenvalue weighted by atomic mass is 10.2. The highest BCUT2D eigenvalue weighted by atomic mass is 16.2. The van der Waals surface area contributed by atoms with E-state index < -0.39 is 0 Å². The summed E-state index contributed by atoms with van der Waals surface area (Å²) in [6, 6.07) is 7.65. The maximum atomic E-state index is 11.9. The lowest BCUT2D eigenvalue weighted by molar-refractivity contribution is -0.116. The molecular formula is C12H12N6O. The van der Waals surface area contributed by atoms with Crippen LogP contribution in [-0.2, 0) is 11.3 Å². The number of aromatic nitrogens is 4. The van der Waals surface area contributed by atoms with Crippen molar-refractivity contribution < 1.29 is 4.79 Å². The third-order valence-electron chi connectivity index (χ3n) is 2.72. The SMILES string of the molecule is Nc1cn(CC(=O)Nc2cccc3cc[nH]c23)nn1. The molecule has 0 fully saturated rings. The second-order valence-electron chi connectivity index (χ2n) is 4.14. The Morgan fingerprint density at radius 3 is 3.11 bits per heavy atom. The van der Waals surface area contributed by atoms with Crippen molar-refractivity contribution in [2.75, 3.05) is 11.1 Å². The van der Waals surface area contributed by atoms with Gasteiger partial charge in [-0.3, -0.25) is 4.79 Å². The molecule has 0 saturated heterocycles. The van der Waals surface area contributed by atoms with E-state index in [9.17, 15) is 4.79 Å². The summed E-state index contributed by atoms with van der Waals surface area (Å²) in [4.78, 5) is 15.0. The highest BCUT2D eigenvalue weighted by Crippen LogP contribution is 2.21. The molecule has 7 heteroatoms. The third kappa shape index (κ3) is 2.25. The quantitative estimate of drug-likeness (QED) is 0.650. The second-order valence-corrected chi connectivity index (χ2v) is 4.14. The molecule has 0 atom stereocenters. The highest BCUT2D eigenvalue weighted by Gasteiger charge is 2.08. The van der Waals surface area contributed by atoms with E-state index in [1.807, 2.05) is 30.5 Å². The van der Waals surface area contributed by atoms with Gasteiger partial charge in [0.2, 0.25) is 5.91 Å². The van der Waals surface area contributed by atoms with E-state index >= 15 is 0 Å². The summed E-state index contributed by atoms with van der Waals surface area (Å²) in [5.41, 5.74) is 7.07. The van der Waals surface area contributed by atoms with Crippen LogP contribution in [0.15, 0.2) is 36.7 Å². The van der Waals surface area contributed by atoms with E-state index in [0.717, 1.165) is 16.6 Å². The Bertz CT molecular complexity index is 728. The zero-order chi connectivity index (χ0) is 13.2. The molecule has 3 rings (SSSR count). The summed E-state index contributed by atoms with van der Waals surface area (Å²) < 4.78 is 1.39. The molecule has 1 amide bonds. The van der Waals surface area contributed by atoms with Gasteiger partial charge in [0.05, 0.1) is 17.4 Å². The number of aromatic amines is 1. The maximum absolute atomic E-state index is 11.9. The first-order valence-corrected chi connectivity index (χ1v) is 5.74. The minimum absolute atomic E-state index is 0.0707. The Hall–Kier alpha value is -2.83. The van der Waals surface area contributed by atoms with Crippen LogP contribution < -0.4 is 11.1 Å². The van der Waals surface area contributed by atoms with Crippen molar-refractivity contribution in [2.45, 2.75) is 6.54 Å². The van der Waals surface area contributed by atoms with Gasteiger partial charge in [-0.1, -0.05) is 17.3 Å². The molecule has 0 aliphatic heterocycles. The summed E-state index contributed by atoms with van der Waals surface area (Å²) >= 11 is 0. The zero-order valence-corrected chi connectivity index (χ0v) is 10.00. The van der Waals surface area contributed by atoms with E-state index in [1.165, 1.54) is 10.9 Å². The number of amides is 1. The highest BCUT2D eigenvalue weighted by molar-refractivity contribution is 6.00. The molecule has 2 aromatic heterocycles. The van der Waals surface area contributed by atoms with Crippen LogP contribution in [0, 0.1) is 0 Å². The first-order valence-electron chi connectivity index (χ1n) is 5.74. The zero-order valence-electron chi connectivity index (χ0n) is 10.00. The number of para-hydroxylation sites is 1. The molecule has 0 radical (unpaired) electrons. The van der Waals surface area contributed by atoms with Gasteiger partial charge in [0, 0.05) is 11.6 Å². The number of nitrogens with two attached hydrogens (primary N) is 1. The number of hydrogen-bond acceptors (Lipinski definition) is 4. The summed E-state index contributed by atoms with van der Waals surface area (Å²) in [7, 11) is 0. The number of nitrogen functional groups attached to an aromatic ring is 1. The fourth-order valence-electron chi connectivity index (χ4n) is 1.92. The number of H-pyrrole nitrogens is 1.